The Morgan fingerprint density at radius 3 is 2.69 bits per heavy atom. The van der Waals surface area contributed by atoms with Crippen molar-refractivity contribution in [3.05, 3.63) is 50.1 Å². The first-order valence-corrected chi connectivity index (χ1v) is 6.40. The lowest BCUT2D eigenvalue weighted by atomic mass is 10.0. The first-order chi connectivity index (χ1) is 7.58. The highest BCUT2D eigenvalue weighted by molar-refractivity contribution is 9.10. The van der Waals surface area contributed by atoms with E-state index in [-0.39, 0.29) is 5.78 Å². The molecule has 0 aliphatic carbocycles. The van der Waals surface area contributed by atoms with Crippen LogP contribution in [-0.4, -0.2) is 5.78 Å². The Hall–Kier alpha value is -1.13. The standard InChI is InChI=1S/C12H10BrNOS/c1-7-11(2-3-16-7)12(15)8-4-9(13)6-10(14)5-8/h2-6H,14H2,1H3. The SMILES string of the molecule is Cc1sccc1C(=O)c1cc(N)cc(Br)c1. The van der Waals surface area contributed by atoms with Crippen molar-refractivity contribution in [2.24, 2.45) is 0 Å². The van der Waals surface area contributed by atoms with Crippen LogP contribution in [0.4, 0.5) is 5.69 Å². The van der Waals surface area contributed by atoms with Crippen molar-refractivity contribution in [3.8, 4) is 0 Å². The van der Waals surface area contributed by atoms with Gasteiger partial charge in [-0.05, 0) is 36.6 Å². The number of rotatable bonds is 2. The van der Waals surface area contributed by atoms with E-state index in [1.807, 2.05) is 18.4 Å². The van der Waals surface area contributed by atoms with E-state index in [2.05, 4.69) is 15.9 Å². The number of hydrogen-bond donors (Lipinski definition) is 1. The third-order valence-corrected chi connectivity index (χ3v) is 3.59. The van der Waals surface area contributed by atoms with E-state index < -0.39 is 0 Å². The van der Waals surface area contributed by atoms with E-state index in [4.69, 9.17) is 5.73 Å². The zero-order chi connectivity index (χ0) is 11.7. The maximum absolute atomic E-state index is 12.2. The molecule has 2 rings (SSSR count). The largest absolute Gasteiger partial charge is 0.399 e. The van der Waals surface area contributed by atoms with E-state index in [0.29, 0.717) is 11.3 Å². The molecule has 0 spiro atoms. The Bertz CT molecular complexity index is 527. The molecule has 0 fully saturated rings. The summed E-state index contributed by atoms with van der Waals surface area (Å²) in [5.74, 6) is 0.0201. The molecule has 0 aliphatic rings. The van der Waals surface area contributed by atoms with Gasteiger partial charge in [0.05, 0.1) is 0 Å². The van der Waals surface area contributed by atoms with E-state index in [1.165, 1.54) is 0 Å². The summed E-state index contributed by atoms with van der Waals surface area (Å²) in [7, 11) is 0. The van der Waals surface area contributed by atoms with E-state index in [1.54, 1.807) is 29.5 Å². The van der Waals surface area contributed by atoms with Crippen molar-refractivity contribution >= 4 is 38.7 Å². The highest BCUT2D eigenvalue weighted by Gasteiger charge is 2.13. The smallest absolute Gasteiger partial charge is 0.194 e. The average Bonchev–Trinajstić information content (AvgIpc) is 2.62. The first kappa shape index (κ1) is 11.4. The molecule has 0 aliphatic heterocycles. The van der Waals surface area contributed by atoms with Gasteiger partial charge in [0.2, 0.25) is 0 Å². The third kappa shape index (κ3) is 2.18. The van der Waals surface area contributed by atoms with Crippen molar-refractivity contribution in [3.63, 3.8) is 0 Å². The molecule has 0 unspecified atom stereocenters. The van der Waals surface area contributed by atoms with Crippen LogP contribution in [0.25, 0.3) is 0 Å². The van der Waals surface area contributed by atoms with Crippen LogP contribution in [0.15, 0.2) is 34.1 Å². The number of thiophene rings is 1. The number of hydrogen-bond acceptors (Lipinski definition) is 3. The van der Waals surface area contributed by atoms with Crippen molar-refractivity contribution in [2.75, 3.05) is 5.73 Å². The quantitative estimate of drug-likeness (QED) is 0.679. The minimum absolute atomic E-state index is 0.0201. The van der Waals surface area contributed by atoms with Crippen LogP contribution in [0, 0.1) is 6.92 Å². The molecule has 2 aromatic rings. The van der Waals surface area contributed by atoms with Crippen LogP contribution in [0.3, 0.4) is 0 Å². The van der Waals surface area contributed by atoms with E-state index >= 15 is 0 Å². The highest BCUT2D eigenvalue weighted by atomic mass is 79.9. The summed E-state index contributed by atoms with van der Waals surface area (Å²) in [5.41, 5.74) is 7.67. The Morgan fingerprint density at radius 1 is 1.38 bits per heavy atom. The van der Waals surface area contributed by atoms with Crippen molar-refractivity contribution in [1.29, 1.82) is 0 Å². The maximum Gasteiger partial charge on any atom is 0.194 e. The number of halogens is 1. The number of anilines is 1. The number of carbonyl (C=O) groups excluding carboxylic acids is 1. The molecule has 1 heterocycles. The van der Waals surface area contributed by atoms with Gasteiger partial charge in [-0.3, -0.25) is 4.79 Å². The Morgan fingerprint density at radius 2 is 2.12 bits per heavy atom. The van der Waals surface area contributed by atoms with Crippen LogP contribution in [-0.2, 0) is 0 Å². The molecule has 4 heteroatoms. The number of aryl methyl sites for hydroxylation is 1. The fourth-order valence-electron chi connectivity index (χ4n) is 1.52. The van der Waals surface area contributed by atoms with Crippen LogP contribution >= 0.6 is 27.3 Å². The Balaban J connectivity index is 2.45. The predicted octanol–water partition coefficient (Wildman–Crippen LogP) is 3.63. The molecule has 2 nitrogen and oxygen atoms in total. The molecule has 0 amide bonds. The molecule has 2 N–H and O–H groups in total. The van der Waals surface area contributed by atoms with Gasteiger partial charge in [-0.25, -0.2) is 0 Å². The Kier molecular flexibility index (Phi) is 3.12. The molecule has 0 atom stereocenters. The molecule has 0 radical (unpaired) electrons. The molecule has 0 saturated carbocycles. The van der Waals surface area contributed by atoms with Crippen molar-refractivity contribution < 1.29 is 4.79 Å². The maximum atomic E-state index is 12.2. The minimum Gasteiger partial charge on any atom is -0.399 e. The summed E-state index contributed by atoms with van der Waals surface area (Å²) < 4.78 is 0.823. The lowest BCUT2D eigenvalue weighted by Crippen LogP contribution is -2.02. The second-order valence-corrected chi connectivity index (χ2v) is 5.53. The monoisotopic (exact) mass is 295 g/mol. The summed E-state index contributed by atoms with van der Waals surface area (Å²) in [6, 6.07) is 7.11. The number of nitrogens with two attached hydrogens (primary N) is 1. The van der Waals surface area contributed by atoms with Gasteiger partial charge in [-0.1, -0.05) is 15.9 Å². The second-order valence-electron chi connectivity index (χ2n) is 3.49. The number of benzene rings is 1. The van der Waals surface area contributed by atoms with E-state index in [0.717, 1.165) is 14.9 Å². The lowest BCUT2D eigenvalue weighted by Gasteiger charge is -2.03. The number of carbonyl (C=O) groups is 1. The van der Waals surface area contributed by atoms with Crippen LogP contribution in [0.1, 0.15) is 20.8 Å². The molecule has 1 aromatic heterocycles. The summed E-state index contributed by atoms with van der Waals surface area (Å²) in [4.78, 5) is 13.2. The van der Waals surface area contributed by atoms with Crippen LogP contribution in [0.2, 0.25) is 0 Å². The normalized spacial score (nSPS) is 10.4. The fraction of sp³-hybridized carbons (Fsp3) is 0.0833. The summed E-state index contributed by atoms with van der Waals surface area (Å²) in [5, 5.41) is 1.92. The van der Waals surface area contributed by atoms with Crippen molar-refractivity contribution in [2.45, 2.75) is 6.92 Å². The number of nitrogen functional groups attached to an aromatic ring is 1. The topological polar surface area (TPSA) is 43.1 Å². The zero-order valence-corrected chi connectivity index (χ0v) is 11.1. The van der Waals surface area contributed by atoms with Crippen LogP contribution < -0.4 is 5.73 Å². The van der Waals surface area contributed by atoms with Gasteiger partial charge < -0.3 is 5.73 Å². The molecular weight excluding hydrogens is 286 g/mol. The highest BCUT2D eigenvalue weighted by Crippen LogP contribution is 2.23. The van der Waals surface area contributed by atoms with Gasteiger partial charge in [0.1, 0.15) is 0 Å². The molecule has 1 aromatic carbocycles. The Labute approximate surface area is 106 Å². The fourth-order valence-corrected chi connectivity index (χ4v) is 2.73. The molecule has 0 saturated heterocycles. The predicted molar refractivity (Wildman–Crippen MR) is 71.0 cm³/mol. The second kappa shape index (κ2) is 4.39. The minimum atomic E-state index is 0.0201. The zero-order valence-electron chi connectivity index (χ0n) is 8.66. The van der Waals surface area contributed by atoms with Gasteiger partial charge in [0, 0.05) is 26.2 Å². The third-order valence-electron chi connectivity index (χ3n) is 2.29. The molecular formula is C12H10BrNOS. The average molecular weight is 296 g/mol. The lowest BCUT2D eigenvalue weighted by molar-refractivity contribution is 0.103. The van der Waals surface area contributed by atoms with Gasteiger partial charge in [0.15, 0.2) is 5.78 Å². The molecule has 16 heavy (non-hydrogen) atoms. The van der Waals surface area contributed by atoms with Gasteiger partial charge in [-0.15, -0.1) is 11.3 Å². The molecule has 82 valence electrons. The number of ketones is 1. The molecule has 0 bridgehead atoms. The summed E-state index contributed by atoms with van der Waals surface area (Å²) in [6.45, 7) is 1.94. The summed E-state index contributed by atoms with van der Waals surface area (Å²) in [6.07, 6.45) is 0. The summed E-state index contributed by atoms with van der Waals surface area (Å²) >= 11 is 4.91. The van der Waals surface area contributed by atoms with Gasteiger partial charge in [0.25, 0.3) is 0 Å². The van der Waals surface area contributed by atoms with Crippen molar-refractivity contribution in [1.82, 2.24) is 0 Å². The van der Waals surface area contributed by atoms with Crippen LogP contribution in [0.5, 0.6) is 0 Å². The first-order valence-electron chi connectivity index (χ1n) is 4.73. The van der Waals surface area contributed by atoms with Gasteiger partial charge in [-0.2, -0.15) is 0 Å². The van der Waals surface area contributed by atoms with E-state index in [9.17, 15) is 4.79 Å². The van der Waals surface area contributed by atoms with Gasteiger partial charge >= 0.3 is 0 Å².